The maximum atomic E-state index is 14.3. The molecule has 3 rings (SSSR count). The molecule has 0 unspecified atom stereocenters. The molecule has 1 heterocycles. The van der Waals surface area contributed by atoms with E-state index in [1.54, 1.807) is 39.8 Å². The summed E-state index contributed by atoms with van der Waals surface area (Å²) in [5.41, 5.74) is 11.5. The first-order valence-electron chi connectivity index (χ1n) is 10.9. The summed E-state index contributed by atoms with van der Waals surface area (Å²) < 4.78 is 24.3. The number of benzene rings is 1. The van der Waals surface area contributed by atoms with Gasteiger partial charge in [0.25, 0.3) is 5.91 Å². The molecule has 10 nitrogen and oxygen atoms in total. The second-order valence-corrected chi connectivity index (χ2v) is 9.22. The molecule has 0 radical (unpaired) electrons. The number of pyridine rings is 1. The minimum atomic E-state index is -0.975. The summed E-state index contributed by atoms with van der Waals surface area (Å²) in [6.45, 7) is 6.76. The largest absolute Gasteiger partial charge is 2.00 e. The molecule has 1 aromatic carbocycles. The Labute approximate surface area is 230 Å². The average molecular weight is 573 g/mol. The van der Waals surface area contributed by atoms with Crippen LogP contribution in [0.15, 0.2) is 41.6 Å². The topological polar surface area (TPSA) is 156 Å². The van der Waals surface area contributed by atoms with E-state index in [0.29, 0.717) is 11.3 Å². The van der Waals surface area contributed by atoms with E-state index in [1.807, 2.05) is 0 Å². The van der Waals surface area contributed by atoms with Crippen molar-refractivity contribution in [2.45, 2.75) is 52.2 Å². The van der Waals surface area contributed by atoms with Gasteiger partial charge < -0.3 is 44.2 Å². The van der Waals surface area contributed by atoms with Gasteiger partial charge in [-0.2, -0.15) is 0 Å². The van der Waals surface area contributed by atoms with E-state index >= 15 is 0 Å². The molecule has 200 valence electrons. The number of halogens is 1. The number of anilines is 2. The van der Waals surface area contributed by atoms with Crippen molar-refractivity contribution in [3.8, 4) is 5.75 Å². The summed E-state index contributed by atoms with van der Waals surface area (Å²) in [6, 6.07) is 5.64. The van der Waals surface area contributed by atoms with Crippen molar-refractivity contribution in [2.24, 2.45) is 5.73 Å². The van der Waals surface area contributed by atoms with Crippen molar-refractivity contribution in [1.29, 1.82) is 0 Å². The molecule has 1 aliphatic rings. The fraction of sp³-hybridized carbons (Fsp3) is 0.333. The normalized spacial score (nSPS) is 12.7. The zero-order valence-corrected chi connectivity index (χ0v) is 22.6. The molecule has 0 spiro atoms. The Bertz CT molecular complexity index is 1150. The summed E-state index contributed by atoms with van der Waals surface area (Å²) in [5.74, 6) is -1.19. The van der Waals surface area contributed by atoms with Crippen molar-refractivity contribution < 1.29 is 45.3 Å². The van der Waals surface area contributed by atoms with Gasteiger partial charge in [0.2, 0.25) is 12.0 Å². The Balaban J connectivity index is 0.000000661. The smallest absolute Gasteiger partial charge is 0.773 e. The molecule has 2 aromatic rings. The monoisotopic (exact) mass is 573 g/mol. The van der Waals surface area contributed by atoms with Crippen molar-refractivity contribution in [1.82, 2.24) is 4.98 Å². The van der Waals surface area contributed by atoms with Crippen LogP contribution in [0.25, 0.3) is 5.73 Å². The van der Waals surface area contributed by atoms with E-state index in [0.717, 1.165) is 25.1 Å². The second-order valence-electron chi connectivity index (χ2n) is 8.78. The minimum absolute atomic E-state index is 0. The SMILES string of the molecule is CC(C)(C)OC([NH-])=O.Cc1cc(F)c(C(=O)Nc2ccc(OC3CC3)cn2)cc1NC(=O)/C([S-])=C/N.[Fe+2]. The zero-order chi connectivity index (χ0) is 27.0. The standard InChI is InChI=1S/C19H19FN4O3S.C5H11NO2.Fe/c1-10-6-14(20)13(7-15(10)23-19(26)16(28)8-21)18(25)24-17-5-4-12(9-22-17)27-11-2-3-11;1-5(2,3)8-4(6)7;/h4-9,11,28H,2-3,21H2,1H3,(H,23,26)(H,22,24,25);1-3H3,(H2,6,7);/q;;+2/p-2/b16-8-;;. The Hall–Kier alpha value is -3.41. The third kappa shape index (κ3) is 11.0. The molecule has 13 heteroatoms. The van der Waals surface area contributed by atoms with Gasteiger partial charge in [-0.3, -0.25) is 14.4 Å². The van der Waals surface area contributed by atoms with Gasteiger partial charge in [0.1, 0.15) is 23.0 Å². The Kier molecular flexibility index (Phi) is 11.8. The van der Waals surface area contributed by atoms with Crippen LogP contribution in [0.1, 0.15) is 49.5 Å². The number of hydrogen-bond donors (Lipinski definition) is 3. The van der Waals surface area contributed by atoms with Gasteiger partial charge in [0, 0.05) is 5.69 Å². The molecule has 0 aliphatic heterocycles. The van der Waals surface area contributed by atoms with Crippen LogP contribution in [0, 0.1) is 12.7 Å². The maximum absolute atomic E-state index is 14.3. The summed E-state index contributed by atoms with van der Waals surface area (Å²) in [7, 11) is 0. The summed E-state index contributed by atoms with van der Waals surface area (Å²) in [6.07, 6.45) is 3.80. The number of nitrogens with two attached hydrogens (primary N) is 1. The number of nitrogens with one attached hydrogen (secondary N) is 3. The number of nitrogens with zero attached hydrogens (tertiary/aromatic N) is 1. The quantitative estimate of drug-likeness (QED) is 0.258. The molecule has 0 saturated heterocycles. The third-order valence-electron chi connectivity index (χ3n) is 4.39. The van der Waals surface area contributed by atoms with Crippen molar-refractivity contribution in [2.75, 3.05) is 10.6 Å². The van der Waals surface area contributed by atoms with Gasteiger partial charge in [-0.15, -0.1) is 0 Å². The van der Waals surface area contributed by atoms with Crippen molar-refractivity contribution >= 4 is 42.0 Å². The number of aryl methyl sites for hydroxylation is 1. The molecule has 0 bridgehead atoms. The van der Waals surface area contributed by atoms with Gasteiger partial charge in [-0.25, -0.2) is 9.37 Å². The first kappa shape index (κ1) is 31.6. The average Bonchev–Trinajstić information content (AvgIpc) is 3.59. The van der Waals surface area contributed by atoms with Crippen molar-refractivity contribution in [3.05, 3.63) is 64.2 Å². The van der Waals surface area contributed by atoms with Gasteiger partial charge >= 0.3 is 17.1 Å². The van der Waals surface area contributed by atoms with Crippen LogP contribution in [0.2, 0.25) is 0 Å². The molecular weight excluding hydrogens is 545 g/mol. The van der Waals surface area contributed by atoms with Crippen LogP contribution < -0.4 is 21.1 Å². The fourth-order valence-electron chi connectivity index (χ4n) is 2.61. The summed E-state index contributed by atoms with van der Waals surface area (Å²) in [4.78, 5) is 38.2. The molecule has 5 N–H and O–H groups in total. The van der Waals surface area contributed by atoms with Gasteiger partial charge in [0.05, 0.1) is 17.9 Å². The van der Waals surface area contributed by atoms with Crippen LogP contribution in [-0.4, -0.2) is 34.6 Å². The number of rotatable bonds is 6. The number of hydrogen-bond acceptors (Lipinski definition) is 8. The Morgan fingerprint density at radius 3 is 2.32 bits per heavy atom. The van der Waals surface area contributed by atoms with E-state index in [2.05, 4.69) is 20.4 Å². The van der Waals surface area contributed by atoms with Crippen LogP contribution in [0.5, 0.6) is 5.75 Å². The number of ether oxygens (including phenoxy) is 2. The molecular formula is C24H28FFeN5O5S. The van der Waals surface area contributed by atoms with E-state index in [9.17, 15) is 18.8 Å². The Morgan fingerprint density at radius 2 is 1.86 bits per heavy atom. The summed E-state index contributed by atoms with van der Waals surface area (Å²) in [5, 5.41) is 5.03. The maximum Gasteiger partial charge on any atom is 2.00 e. The molecule has 1 aromatic heterocycles. The van der Waals surface area contributed by atoms with Crippen molar-refractivity contribution in [3.63, 3.8) is 0 Å². The van der Waals surface area contributed by atoms with Crippen LogP contribution in [-0.2, 0) is 39.2 Å². The summed E-state index contributed by atoms with van der Waals surface area (Å²) >= 11 is 4.79. The first-order chi connectivity index (χ1) is 16.8. The molecule has 3 amide bonds. The predicted octanol–water partition coefficient (Wildman–Crippen LogP) is 4.58. The fourth-order valence-corrected chi connectivity index (χ4v) is 2.66. The van der Waals surface area contributed by atoms with Crippen LogP contribution in [0.4, 0.5) is 20.7 Å². The molecule has 1 saturated carbocycles. The van der Waals surface area contributed by atoms with E-state index < -0.39 is 29.3 Å². The molecule has 1 aliphatic carbocycles. The van der Waals surface area contributed by atoms with E-state index in [-0.39, 0.29) is 45.1 Å². The first-order valence-corrected chi connectivity index (χ1v) is 11.3. The number of amides is 3. The molecule has 0 atom stereocenters. The molecule has 1 fully saturated rings. The predicted molar refractivity (Wildman–Crippen MR) is 136 cm³/mol. The minimum Gasteiger partial charge on any atom is -0.773 e. The zero-order valence-electron chi connectivity index (χ0n) is 20.7. The van der Waals surface area contributed by atoms with Gasteiger partial charge in [-0.1, -0.05) is 4.91 Å². The molecule has 37 heavy (non-hydrogen) atoms. The number of aromatic nitrogens is 1. The third-order valence-corrected chi connectivity index (χ3v) is 4.71. The van der Waals surface area contributed by atoms with Crippen LogP contribution in [0.3, 0.4) is 0 Å². The Morgan fingerprint density at radius 1 is 1.22 bits per heavy atom. The number of carbonyl (C=O) groups excluding carboxylic acids is 3. The number of carbonyl (C=O) groups is 3. The van der Waals surface area contributed by atoms with E-state index in [4.69, 9.17) is 28.8 Å². The second kappa shape index (κ2) is 13.8. The van der Waals surface area contributed by atoms with Gasteiger partial charge in [-0.05, 0) is 76.6 Å². The van der Waals surface area contributed by atoms with E-state index in [1.165, 1.54) is 12.3 Å². The van der Waals surface area contributed by atoms with Gasteiger partial charge in [0.15, 0.2) is 0 Å². The van der Waals surface area contributed by atoms with Crippen LogP contribution >= 0.6 is 0 Å².